The molecule has 3 rings (SSSR count). The van der Waals surface area contributed by atoms with Crippen molar-refractivity contribution >= 4 is 41.7 Å². The Morgan fingerprint density at radius 3 is 2.66 bits per heavy atom. The lowest BCUT2D eigenvalue weighted by Crippen LogP contribution is -2.40. The molecule has 0 spiro atoms. The van der Waals surface area contributed by atoms with Crippen molar-refractivity contribution in [2.24, 2.45) is 16.6 Å². The molecule has 4 N–H and O–H groups in total. The van der Waals surface area contributed by atoms with Gasteiger partial charge in [0.1, 0.15) is 5.82 Å². The van der Waals surface area contributed by atoms with Crippen LogP contribution in [-0.4, -0.2) is 53.3 Å². The number of hydrogen-bond acceptors (Lipinski definition) is 5. The van der Waals surface area contributed by atoms with E-state index < -0.39 is 0 Å². The zero-order valence-electron chi connectivity index (χ0n) is 19.2. The van der Waals surface area contributed by atoms with Gasteiger partial charge in [-0.1, -0.05) is 6.07 Å². The summed E-state index contributed by atoms with van der Waals surface area (Å²) >= 11 is 0. The van der Waals surface area contributed by atoms with E-state index in [0.717, 1.165) is 68.5 Å². The van der Waals surface area contributed by atoms with Crippen molar-refractivity contribution in [1.29, 1.82) is 0 Å². The summed E-state index contributed by atoms with van der Waals surface area (Å²) in [7, 11) is 1.77. The molecule has 0 saturated carbocycles. The van der Waals surface area contributed by atoms with Gasteiger partial charge in [-0.2, -0.15) is 5.10 Å². The Bertz CT molecular complexity index is 905. The molecule has 1 saturated heterocycles. The van der Waals surface area contributed by atoms with Crippen molar-refractivity contribution < 1.29 is 4.79 Å². The molecule has 2 aromatic rings. The van der Waals surface area contributed by atoms with Crippen LogP contribution < -0.4 is 21.3 Å². The zero-order valence-corrected chi connectivity index (χ0v) is 21.5. The summed E-state index contributed by atoms with van der Waals surface area (Å²) in [6.07, 6.45) is 4.31. The maximum Gasteiger partial charge on any atom is 0.220 e. The van der Waals surface area contributed by atoms with Crippen molar-refractivity contribution in [2.75, 3.05) is 31.6 Å². The van der Waals surface area contributed by atoms with Crippen molar-refractivity contribution in [2.45, 2.75) is 46.2 Å². The van der Waals surface area contributed by atoms with Crippen LogP contribution in [0.5, 0.6) is 0 Å². The molecule has 0 aliphatic carbocycles. The molecule has 1 aliphatic heterocycles. The summed E-state index contributed by atoms with van der Waals surface area (Å²) in [6, 6.07) is 6.11. The second-order valence-electron chi connectivity index (χ2n) is 8.01. The van der Waals surface area contributed by atoms with Gasteiger partial charge in [0.2, 0.25) is 5.91 Å². The third-order valence-electron chi connectivity index (χ3n) is 5.68. The van der Waals surface area contributed by atoms with Crippen LogP contribution in [-0.2, 0) is 17.9 Å². The Balaban J connectivity index is 0.00000363. The fourth-order valence-electron chi connectivity index (χ4n) is 3.97. The summed E-state index contributed by atoms with van der Waals surface area (Å²) in [5, 5.41) is 11.2. The van der Waals surface area contributed by atoms with Crippen LogP contribution in [0.15, 0.2) is 29.4 Å². The predicted molar refractivity (Wildman–Crippen MR) is 138 cm³/mol. The fourth-order valence-corrected chi connectivity index (χ4v) is 3.97. The van der Waals surface area contributed by atoms with Crippen LogP contribution in [0.3, 0.4) is 0 Å². The molecule has 1 fully saturated rings. The molecule has 1 aliphatic rings. The minimum Gasteiger partial charge on any atom is -0.369 e. The molecule has 32 heavy (non-hydrogen) atoms. The number of primary amides is 1. The number of nitrogens with zero attached hydrogens (tertiary/aromatic N) is 5. The van der Waals surface area contributed by atoms with Gasteiger partial charge in [-0.25, -0.2) is 4.98 Å². The minimum absolute atomic E-state index is 0. The molecule has 0 atom stereocenters. The number of piperidine rings is 1. The van der Waals surface area contributed by atoms with Crippen LogP contribution in [0.2, 0.25) is 0 Å². The van der Waals surface area contributed by atoms with E-state index in [1.165, 1.54) is 5.69 Å². The zero-order chi connectivity index (χ0) is 22.2. The van der Waals surface area contributed by atoms with Crippen molar-refractivity contribution in [3.63, 3.8) is 0 Å². The first-order valence-electron chi connectivity index (χ1n) is 10.9. The van der Waals surface area contributed by atoms with Crippen LogP contribution in [0.4, 0.5) is 5.82 Å². The standard InChI is InChI=1S/C22H34N8O.HI/c1-16-14-17(2)30(28-16)11-5-10-26-22(24-3)27-15-19-6-4-9-25-21(19)29-12-7-18(8-13-29)20(23)31;/h4,6,9,14,18H,5,7-8,10-13,15H2,1-3H3,(H2,23,31)(H2,24,26,27);1H. The highest BCUT2D eigenvalue weighted by Crippen LogP contribution is 2.24. The van der Waals surface area contributed by atoms with Gasteiger partial charge in [-0.15, -0.1) is 24.0 Å². The number of aliphatic imine (C=N–C) groups is 1. The first-order chi connectivity index (χ1) is 15.0. The number of anilines is 1. The number of aromatic nitrogens is 3. The quantitative estimate of drug-likeness (QED) is 0.199. The number of guanidine groups is 1. The molecule has 3 heterocycles. The highest BCUT2D eigenvalue weighted by atomic mass is 127. The van der Waals surface area contributed by atoms with Gasteiger partial charge in [0.05, 0.1) is 5.69 Å². The number of pyridine rings is 1. The minimum atomic E-state index is -0.199. The van der Waals surface area contributed by atoms with E-state index in [-0.39, 0.29) is 35.8 Å². The average molecular weight is 554 g/mol. The van der Waals surface area contributed by atoms with Crippen LogP contribution in [0.1, 0.15) is 36.2 Å². The topological polar surface area (TPSA) is 113 Å². The smallest absolute Gasteiger partial charge is 0.220 e. The molecular weight excluding hydrogens is 519 g/mol. The highest BCUT2D eigenvalue weighted by molar-refractivity contribution is 14.0. The maximum atomic E-state index is 11.4. The van der Waals surface area contributed by atoms with Crippen molar-refractivity contribution in [1.82, 2.24) is 25.4 Å². The number of nitrogens with two attached hydrogens (primary N) is 1. The fraction of sp³-hybridized carbons (Fsp3) is 0.545. The van der Waals surface area contributed by atoms with Gasteiger partial charge in [0, 0.05) is 63.1 Å². The highest BCUT2D eigenvalue weighted by Gasteiger charge is 2.24. The number of carbonyl (C=O) groups is 1. The summed E-state index contributed by atoms with van der Waals surface area (Å²) in [4.78, 5) is 22.6. The monoisotopic (exact) mass is 554 g/mol. The third kappa shape index (κ3) is 7.07. The summed E-state index contributed by atoms with van der Waals surface area (Å²) < 4.78 is 2.04. The van der Waals surface area contributed by atoms with E-state index in [1.54, 1.807) is 7.05 Å². The summed E-state index contributed by atoms with van der Waals surface area (Å²) in [5.74, 6) is 1.49. The molecule has 0 radical (unpaired) electrons. The molecule has 176 valence electrons. The maximum absolute atomic E-state index is 11.4. The number of aryl methyl sites for hydroxylation is 3. The first kappa shape index (κ1) is 25.9. The van der Waals surface area contributed by atoms with Gasteiger partial charge in [-0.3, -0.25) is 14.5 Å². The van der Waals surface area contributed by atoms with E-state index >= 15 is 0 Å². The Kier molecular flexibility index (Phi) is 10.2. The lowest BCUT2D eigenvalue weighted by molar-refractivity contribution is -0.122. The lowest BCUT2D eigenvalue weighted by atomic mass is 9.96. The third-order valence-corrected chi connectivity index (χ3v) is 5.68. The molecular formula is C22H35IN8O. The van der Waals surface area contributed by atoms with Gasteiger partial charge >= 0.3 is 0 Å². The van der Waals surface area contributed by atoms with Gasteiger partial charge in [0.15, 0.2) is 5.96 Å². The van der Waals surface area contributed by atoms with E-state index in [2.05, 4.69) is 49.7 Å². The SMILES string of the molecule is CN=C(NCCCn1nc(C)cc1C)NCc1cccnc1N1CCC(C(N)=O)CC1.I. The molecule has 1 amide bonds. The Labute approximate surface area is 207 Å². The average Bonchev–Trinajstić information content (AvgIpc) is 3.10. The largest absolute Gasteiger partial charge is 0.369 e. The van der Waals surface area contributed by atoms with Gasteiger partial charge in [-0.05, 0) is 45.2 Å². The summed E-state index contributed by atoms with van der Waals surface area (Å²) in [6.45, 7) is 7.97. The molecule has 9 nitrogen and oxygen atoms in total. The Morgan fingerprint density at radius 2 is 2.03 bits per heavy atom. The van der Waals surface area contributed by atoms with Crippen molar-refractivity contribution in [3.05, 3.63) is 41.3 Å². The number of carbonyl (C=O) groups excluding carboxylic acids is 1. The lowest BCUT2D eigenvalue weighted by Gasteiger charge is -2.32. The predicted octanol–water partition coefficient (Wildman–Crippen LogP) is 1.97. The van der Waals surface area contributed by atoms with E-state index in [4.69, 9.17) is 5.73 Å². The van der Waals surface area contributed by atoms with E-state index in [9.17, 15) is 4.79 Å². The van der Waals surface area contributed by atoms with Gasteiger partial charge < -0.3 is 21.3 Å². The second-order valence-corrected chi connectivity index (χ2v) is 8.01. The van der Waals surface area contributed by atoms with E-state index in [1.807, 2.05) is 23.9 Å². The normalized spacial score (nSPS) is 14.7. The Morgan fingerprint density at radius 1 is 1.28 bits per heavy atom. The molecule has 2 aromatic heterocycles. The van der Waals surface area contributed by atoms with Crippen LogP contribution in [0, 0.1) is 19.8 Å². The summed E-state index contributed by atoms with van der Waals surface area (Å²) in [5.41, 5.74) is 8.80. The van der Waals surface area contributed by atoms with Crippen LogP contribution in [0.25, 0.3) is 0 Å². The number of nitrogens with one attached hydrogen (secondary N) is 2. The van der Waals surface area contributed by atoms with Gasteiger partial charge in [0.25, 0.3) is 0 Å². The first-order valence-corrected chi connectivity index (χ1v) is 10.9. The molecule has 0 aromatic carbocycles. The molecule has 0 bridgehead atoms. The number of hydrogen-bond donors (Lipinski definition) is 3. The second kappa shape index (κ2) is 12.6. The number of amides is 1. The Hall–Kier alpha value is -2.37. The molecule has 10 heteroatoms. The number of halogens is 1. The van der Waals surface area contributed by atoms with Crippen molar-refractivity contribution in [3.8, 4) is 0 Å². The van der Waals surface area contributed by atoms with Crippen LogP contribution >= 0.6 is 24.0 Å². The number of rotatable bonds is 8. The van der Waals surface area contributed by atoms with E-state index in [0.29, 0.717) is 6.54 Å². The molecule has 0 unspecified atom stereocenters.